The SMILES string of the molecule is CC(=O)NC1(c2ccc(F)cc2)CCN(Cc2cccc(OCc3cccnc3)c2)CC1.O=C(O)CC(O)(CC(=O)O)C(=O)O. The van der Waals surface area contributed by atoms with Crippen LogP contribution < -0.4 is 10.1 Å². The van der Waals surface area contributed by atoms with E-state index in [1.807, 2.05) is 24.3 Å². The second-order valence-electron chi connectivity index (χ2n) is 10.8. The van der Waals surface area contributed by atoms with Crippen molar-refractivity contribution in [2.45, 2.75) is 56.9 Å². The molecule has 0 aliphatic carbocycles. The first-order chi connectivity index (χ1) is 21.3. The summed E-state index contributed by atoms with van der Waals surface area (Å²) in [5, 5.41) is 37.0. The number of carbonyl (C=O) groups excluding carboxylic acids is 1. The number of aliphatic carboxylic acids is 3. The Morgan fingerprint density at radius 1 is 0.956 bits per heavy atom. The van der Waals surface area contributed by atoms with Gasteiger partial charge in [0.2, 0.25) is 5.91 Å². The van der Waals surface area contributed by atoms with Crippen molar-refractivity contribution in [3.63, 3.8) is 0 Å². The molecule has 0 bridgehead atoms. The molecular formula is C32H36FN3O9. The average Bonchev–Trinajstić information content (AvgIpc) is 2.97. The Morgan fingerprint density at radius 3 is 2.11 bits per heavy atom. The molecule has 5 N–H and O–H groups in total. The third kappa shape index (κ3) is 10.7. The summed E-state index contributed by atoms with van der Waals surface area (Å²) < 4.78 is 19.4. The minimum absolute atomic E-state index is 0.0683. The zero-order chi connectivity index (χ0) is 33.0. The first kappa shape index (κ1) is 34.6. The maximum atomic E-state index is 13.4. The van der Waals surface area contributed by atoms with Gasteiger partial charge in [0.25, 0.3) is 0 Å². The van der Waals surface area contributed by atoms with Crippen LogP contribution in [0, 0.1) is 5.82 Å². The van der Waals surface area contributed by atoms with Crippen molar-refractivity contribution >= 4 is 23.8 Å². The van der Waals surface area contributed by atoms with Crippen molar-refractivity contribution in [1.29, 1.82) is 0 Å². The molecule has 240 valence electrons. The fourth-order valence-electron chi connectivity index (χ4n) is 5.04. The van der Waals surface area contributed by atoms with Gasteiger partial charge < -0.3 is 30.5 Å². The number of likely N-dealkylation sites (tertiary alicyclic amines) is 1. The molecule has 1 amide bonds. The third-order valence-corrected chi connectivity index (χ3v) is 7.24. The molecule has 12 nitrogen and oxygen atoms in total. The number of nitrogens with one attached hydrogen (secondary N) is 1. The molecule has 0 spiro atoms. The lowest BCUT2D eigenvalue weighted by Crippen LogP contribution is -2.52. The van der Waals surface area contributed by atoms with E-state index in [-0.39, 0.29) is 11.7 Å². The van der Waals surface area contributed by atoms with Gasteiger partial charge in [-0.2, -0.15) is 0 Å². The van der Waals surface area contributed by atoms with E-state index in [2.05, 4.69) is 27.3 Å². The smallest absolute Gasteiger partial charge is 0.336 e. The van der Waals surface area contributed by atoms with Gasteiger partial charge in [-0.15, -0.1) is 0 Å². The molecule has 1 fully saturated rings. The summed E-state index contributed by atoms with van der Waals surface area (Å²) >= 11 is 0. The molecule has 1 aliphatic rings. The number of carboxylic acid groups (broad SMARTS) is 3. The number of hydrogen-bond acceptors (Lipinski definition) is 8. The summed E-state index contributed by atoms with van der Waals surface area (Å²) in [6.45, 7) is 4.49. The zero-order valence-electron chi connectivity index (χ0n) is 24.7. The number of carboxylic acids is 3. The maximum absolute atomic E-state index is 13.4. The van der Waals surface area contributed by atoms with Crippen LogP contribution in [0.5, 0.6) is 5.75 Å². The molecule has 4 rings (SSSR count). The highest BCUT2D eigenvalue weighted by Crippen LogP contribution is 2.34. The van der Waals surface area contributed by atoms with Gasteiger partial charge in [0.15, 0.2) is 5.60 Å². The standard InChI is InChI=1S/C26H28FN3O2.C6H8O7/c1-20(31)29-26(23-7-9-24(27)10-8-23)11-14-30(15-12-26)18-21-4-2-6-25(16-21)32-19-22-5-3-13-28-17-22;7-3(8)1-6(13,5(11)12)2-4(9)10/h2-10,13,16-17H,11-12,14-15,18-19H2,1H3,(H,29,31);13H,1-2H2,(H,7,8)(H,9,10)(H,11,12). The van der Waals surface area contributed by atoms with Gasteiger partial charge in [-0.3, -0.25) is 24.3 Å². The zero-order valence-corrected chi connectivity index (χ0v) is 24.7. The predicted molar refractivity (Wildman–Crippen MR) is 159 cm³/mol. The molecule has 0 atom stereocenters. The van der Waals surface area contributed by atoms with Gasteiger partial charge in [0.1, 0.15) is 18.2 Å². The van der Waals surface area contributed by atoms with Crippen LogP contribution in [0.25, 0.3) is 0 Å². The molecule has 2 heterocycles. The number of nitrogens with zero attached hydrogens (tertiary/aromatic N) is 2. The lowest BCUT2D eigenvalue weighted by atomic mass is 9.80. The van der Waals surface area contributed by atoms with Crippen LogP contribution in [0.4, 0.5) is 4.39 Å². The lowest BCUT2D eigenvalue weighted by Gasteiger charge is -2.42. The van der Waals surface area contributed by atoms with E-state index in [0.717, 1.165) is 49.4 Å². The van der Waals surface area contributed by atoms with Crippen molar-refractivity contribution in [3.8, 4) is 5.75 Å². The molecule has 13 heteroatoms. The number of ether oxygens (including phenoxy) is 1. The molecular weight excluding hydrogens is 589 g/mol. The fraction of sp³-hybridized carbons (Fsp3) is 0.344. The van der Waals surface area contributed by atoms with E-state index in [9.17, 15) is 23.6 Å². The molecule has 1 aliphatic heterocycles. The lowest BCUT2D eigenvalue weighted by molar-refractivity contribution is -0.170. The molecule has 45 heavy (non-hydrogen) atoms. The molecule has 0 unspecified atom stereocenters. The molecule has 0 saturated carbocycles. The Labute approximate surface area is 259 Å². The van der Waals surface area contributed by atoms with Crippen molar-refractivity contribution in [3.05, 3.63) is 95.6 Å². The van der Waals surface area contributed by atoms with E-state index < -0.39 is 41.9 Å². The molecule has 1 saturated heterocycles. The molecule has 0 radical (unpaired) electrons. The van der Waals surface area contributed by atoms with Crippen molar-refractivity contribution < 1.29 is 48.7 Å². The van der Waals surface area contributed by atoms with E-state index in [1.54, 1.807) is 24.5 Å². The Kier molecular flexibility index (Phi) is 12.1. The Morgan fingerprint density at radius 2 is 1.58 bits per heavy atom. The largest absolute Gasteiger partial charge is 0.489 e. The van der Waals surface area contributed by atoms with Gasteiger partial charge in [-0.25, -0.2) is 9.18 Å². The van der Waals surface area contributed by atoms with E-state index >= 15 is 0 Å². The number of halogens is 1. The van der Waals surface area contributed by atoms with E-state index in [0.29, 0.717) is 6.61 Å². The van der Waals surface area contributed by atoms with Crippen molar-refractivity contribution in [2.24, 2.45) is 0 Å². The number of pyridine rings is 1. The Balaban J connectivity index is 0.000000360. The minimum atomic E-state index is -2.74. The number of rotatable bonds is 12. The predicted octanol–water partition coefficient (Wildman–Crippen LogP) is 3.18. The highest BCUT2D eigenvalue weighted by Gasteiger charge is 2.41. The molecule has 3 aromatic rings. The van der Waals surface area contributed by atoms with Crippen molar-refractivity contribution in [2.75, 3.05) is 13.1 Å². The van der Waals surface area contributed by atoms with Gasteiger partial charge in [-0.05, 0) is 54.3 Å². The van der Waals surface area contributed by atoms with Crippen LogP contribution in [0.3, 0.4) is 0 Å². The minimum Gasteiger partial charge on any atom is -0.489 e. The summed E-state index contributed by atoms with van der Waals surface area (Å²) in [7, 11) is 0. The van der Waals surface area contributed by atoms with Crippen LogP contribution >= 0.6 is 0 Å². The van der Waals surface area contributed by atoms with E-state index in [1.165, 1.54) is 24.6 Å². The number of benzene rings is 2. The summed E-state index contributed by atoms with van der Waals surface area (Å²) in [4.78, 5) is 48.9. The van der Waals surface area contributed by atoms with Crippen LogP contribution in [0.1, 0.15) is 49.3 Å². The number of piperidine rings is 1. The van der Waals surface area contributed by atoms with Crippen LogP contribution in [0.2, 0.25) is 0 Å². The topological polar surface area (TPSA) is 187 Å². The number of amides is 1. The normalized spacial score (nSPS) is 14.4. The van der Waals surface area contributed by atoms with Gasteiger partial charge in [-0.1, -0.05) is 30.3 Å². The second-order valence-corrected chi connectivity index (χ2v) is 10.8. The highest BCUT2D eigenvalue weighted by molar-refractivity contribution is 5.88. The monoisotopic (exact) mass is 625 g/mol. The van der Waals surface area contributed by atoms with E-state index in [4.69, 9.17) is 25.2 Å². The number of hydrogen-bond donors (Lipinski definition) is 5. The van der Waals surface area contributed by atoms with Gasteiger partial charge in [0.05, 0.1) is 18.4 Å². The number of carbonyl (C=O) groups is 4. The highest BCUT2D eigenvalue weighted by atomic mass is 19.1. The first-order valence-corrected chi connectivity index (χ1v) is 14.1. The first-order valence-electron chi connectivity index (χ1n) is 14.1. The molecule has 1 aromatic heterocycles. The van der Waals surface area contributed by atoms with Crippen LogP contribution in [-0.4, -0.2) is 72.8 Å². The van der Waals surface area contributed by atoms with Gasteiger partial charge in [0, 0.05) is 44.5 Å². The quantitative estimate of drug-likeness (QED) is 0.199. The van der Waals surface area contributed by atoms with Gasteiger partial charge >= 0.3 is 17.9 Å². The Bertz CT molecular complexity index is 1440. The molecule has 2 aromatic carbocycles. The second kappa shape index (κ2) is 15.7. The summed E-state index contributed by atoms with van der Waals surface area (Å²) in [6.07, 6.45) is 2.81. The average molecular weight is 626 g/mol. The number of aromatic nitrogens is 1. The van der Waals surface area contributed by atoms with Crippen molar-refractivity contribution in [1.82, 2.24) is 15.2 Å². The summed E-state index contributed by atoms with van der Waals surface area (Å²) in [5.74, 6) is -4.52. The van der Waals surface area contributed by atoms with Crippen LogP contribution in [-0.2, 0) is 37.9 Å². The van der Waals surface area contributed by atoms with Crippen LogP contribution in [0.15, 0.2) is 73.1 Å². The summed E-state index contributed by atoms with van der Waals surface area (Å²) in [6, 6.07) is 18.5. The maximum Gasteiger partial charge on any atom is 0.336 e. The number of aliphatic hydroxyl groups is 1. The Hall–Kier alpha value is -4.88. The fourth-order valence-corrected chi connectivity index (χ4v) is 5.04. The third-order valence-electron chi connectivity index (χ3n) is 7.24. The summed E-state index contributed by atoms with van der Waals surface area (Å²) in [5.41, 5.74) is -0.0198.